The van der Waals surface area contributed by atoms with Crippen molar-refractivity contribution in [1.29, 1.82) is 0 Å². The van der Waals surface area contributed by atoms with Crippen molar-refractivity contribution >= 4 is 12.0 Å². The molecule has 2 aliphatic rings. The lowest BCUT2D eigenvalue weighted by Crippen LogP contribution is -2.60. The monoisotopic (exact) mass is 626 g/mol. The molecule has 2 heterocycles. The molecule has 0 saturated carbocycles. The van der Waals surface area contributed by atoms with Crippen molar-refractivity contribution in [1.82, 2.24) is 0 Å². The number of aliphatic hydroxyl groups is 8. The fourth-order valence-corrected chi connectivity index (χ4v) is 4.44. The summed E-state index contributed by atoms with van der Waals surface area (Å²) in [6.07, 6.45) is -12.8. The number of esters is 1. The van der Waals surface area contributed by atoms with Crippen LogP contribution in [0.2, 0.25) is 0 Å². The number of carbonyl (C=O) groups is 1. The molecule has 242 valence electrons. The van der Waals surface area contributed by atoms with Crippen LogP contribution in [0.25, 0.3) is 6.08 Å². The van der Waals surface area contributed by atoms with Gasteiger partial charge in [-0.2, -0.15) is 0 Å². The maximum absolute atomic E-state index is 12.2. The van der Waals surface area contributed by atoms with Crippen LogP contribution in [0.4, 0.5) is 0 Å². The second-order valence-corrected chi connectivity index (χ2v) is 10.1. The Bertz CT molecular complexity index is 1300. The van der Waals surface area contributed by atoms with Crippen molar-refractivity contribution in [3.05, 3.63) is 53.6 Å². The minimum absolute atomic E-state index is 0.146. The fourth-order valence-electron chi connectivity index (χ4n) is 4.44. The van der Waals surface area contributed by atoms with Gasteiger partial charge in [-0.1, -0.05) is 12.1 Å². The number of hydrogen-bond acceptors (Lipinski definition) is 16. The second kappa shape index (κ2) is 14.5. The van der Waals surface area contributed by atoms with E-state index in [0.717, 1.165) is 6.08 Å². The Morgan fingerprint density at radius 3 is 1.68 bits per heavy atom. The second-order valence-electron chi connectivity index (χ2n) is 10.1. The molecule has 0 spiro atoms. The Hall–Kier alpha value is -3.55. The Labute approximate surface area is 249 Å². The first-order valence-corrected chi connectivity index (χ1v) is 13.4. The van der Waals surface area contributed by atoms with Gasteiger partial charge < -0.3 is 74.7 Å². The normalized spacial score (nSPS) is 32.4. The number of phenols is 2. The van der Waals surface area contributed by atoms with Crippen LogP contribution in [-0.4, -0.2) is 132 Å². The number of carbonyl (C=O) groups excluding carboxylic acids is 1. The van der Waals surface area contributed by atoms with Crippen LogP contribution in [0.15, 0.2) is 42.5 Å². The van der Waals surface area contributed by atoms with Gasteiger partial charge in [-0.3, -0.25) is 0 Å². The molecule has 4 rings (SSSR count). The molecule has 16 nitrogen and oxygen atoms in total. The van der Waals surface area contributed by atoms with Crippen LogP contribution in [0.3, 0.4) is 0 Å². The van der Waals surface area contributed by atoms with Crippen LogP contribution in [0, 0.1) is 0 Å². The molecule has 10 atom stereocenters. The van der Waals surface area contributed by atoms with E-state index >= 15 is 0 Å². The van der Waals surface area contributed by atoms with Gasteiger partial charge in [-0.25, -0.2) is 4.79 Å². The molecule has 2 fully saturated rings. The largest absolute Gasteiger partial charge is 0.504 e. The van der Waals surface area contributed by atoms with Crippen LogP contribution >= 0.6 is 0 Å². The first-order chi connectivity index (χ1) is 20.9. The Morgan fingerprint density at radius 1 is 0.705 bits per heavy atom. The zero-order chi connectivity index (χ0) is 32.1. The lowest BCUT2D eigenvalue weighted by atomic mass is 9.99. The molecule has 0 bridgehead atoms. The third-order valence-electron chi connectivity index (χ3n) is 6.98. The number of benzene rings is 2. The van der Waals surface area contributed by atoms with E-state index in [-0.39, 0.29) is 18.1 Å². The highest BCUT2D eigenvalue weighted by molar-refractivity contribution is 5.87. The maximum Gasteiger partial charge on any atom is 0.331 e. The first kappa shape index (κ1) is 33.3. The number of hydrogen-bond donors (Lipinski definition) is 10. The van der Waals surface area contributed by atoms with Gasteiger partial charge in [0.1, 0.15) is 55.4 Å². The highest BCUT2D eigenvalue weighted by atomic mass is 16.7. The summed E-state index contributed by atoms with van der Waals surface area (Å²) in [5.74, 6) is -1.88. The van der Waals surface area contributed by atoms with E-state index in [2.05, 4.69) is 0 Å². The van der Waals surface area contributed by atoms with Crippen molar-refractivity contribution < 1.29 is 79.5 Å². The topological polar surface area (TPSA) is 266 Å². The van der Waals surface area contributed by atoms with Crippen molar-refractivity contribution in [3.63, 3.8) is 0 Å². The minimum Gasteiger partial charge on any atom is -0.504 e. The van der Waals surface area contributed by atoms with E-state index in [9.17, 15) is 55.9 Å². The average molecular weight is 627 g/mol. The van der Waals surface area contributed by atoms with Gasteiger partial charge in [-0.15, -0.1) is 0 Å². The molecular formula is C28H34O16. The highest BCUT2D eigenvalue weighted by Gasteiger charge is 2.46. The Kier molecular flexibility index (Phi) is 11.0. The van der Waals surface area contributed by atoms with Crippen LogP contribution in [0.5, 0.6) is 23.0 Å². The van der Waals surface area contributed by atoms with Gasteiger partial charge in [0.15, 0.2) is 23.0 Å². The number of aliphatic hydroxyl groups excluding tert-OH is 8. The number of aromatic hydroxyl groups is 2. The fraction of sp³-hybridized carbons (Fsp3) is 0.464. The van der Waals surface area contributed by atoms with Gasteiger partial charge in [0.05, 0.1) is 13.2 Å². The summed E-state index contributed by atoms with van der Waals surface area (Å²) in [6, 6.07) is 7.96. The van der Waals surface area contributed by atoms with Crippen LogP contribution in [0.1, 0.15) is 11.1 Å². The summed E-state index contributed by atoms with van der Waals surface area (Å²) in [7, 11) is 0. The molecule has 0 unspecified atom stereocenters. The molecule has 2 aromatic rings. The number of ether oxygens (including phenoxy) is 5. The molecule has 0 radical (unpaired) electrons. The van der Waals surface area contributed by atoms with Crippen molar-refractivity contribution in [2.75, 3.05) is 13.2 Å². The third-order valence-corrected chi connectivity index (χ3v) is 6.98. The number of rotatable bonds is 10. The minimum atomic E-state index is -1.67. The van der Waals surface area contributed by atoms with Gasteiger partial charge >= 0.3 is 5.97 Å². The molecule has 2 saturated heterocycles. The lowest BCUT2D eigenvalue weighted by molar-refractivity contribution is -0.277. The molecule has 2 aliphatic heterocycles. The molecule has 0 aromatic heterocycles. The summed E-state index contributed by atoms with van der Waals surface area (Å²) in [5, 5.41) is 98.9. The number of phenolic OH excluding ortho intramolecular Hbond substituents is 2. The van der Waals surface area contributed by atoms with E-state index in [1.807, 2.05) is 0 Å². The standard InChI is InChI=1S/C28H34O16/c29-9-18-21(34)23(36)25(38)27(43-18)41-16-4-1-12(7-14(16)31)3-6-20(33)40-11-13-2-5-17(15(32)8-13)42-28-26(39)24(37)22(35)19(10-30)44-28/h1-8,18-19,21-32,34-39H,9-11H2/b6-3+/t18-,19-,21-,22-,23+,24+,25-,26-,27-,28-/m1/s1. The van der Waals surface area contributed by atoms with E-state index in [0.29, 0.717) is 11.1 Å². The Morgan fingerprint density at radius 2 is 1.20 bits per heavy atom. The Balaban J connectivity index is 1.30. The zero-order valence-electron chi connectivity index (χ0n) is 22.9. The van der Waals surface area contributed by atoms with E-state index in [1.54, 1.807) is 0 Å². The summed E-state index contributed by atoms with van der Waals surface area (Å²) in [6.45, 7) is -1.56. The predicted octanol–water partition coefficient (Wildman–Crippen LogP) is -2.79. The molecule has 10 N–H and O–H groups in total. The van der Waals surface area contributed by atoms with Gasteiger partial charge in [0.25, 0.3) is 0 Å². The molecule has 2 aromatic carbocycles. The van der Waals surface area contributed by atoms with Gasteiger partial charge in [0.2, 0.25) is 12.6 Å². The lowest BCUT2D eigenvalue weighted by Gasteiger charge is -2.39. The van der Waals surface area contributed by atoms with Gasteiger partial charge in [-0.05, 0) is 41.5 Å². The van der Waals surface area contributed by atoms with E-state index < -0.39 is 92.1 Å². The third kappa shape index (κ3) is 7.56. The van der Waals surface area contributed by atoms with Crippen molar-refractivity contribution in [2.45, 2.75) is 68.0 Å². The van der Waals surface area contributed by atoms with E-state index in [1.165, 1.54) is 42.5 Å². The first-order valence-electron chi connectivity index (χ1n) is 13.4. The molecule has 0 aliphatic carbocycles. The molecule has 0 amide bonds. The zero-order valence-corrected chi connectivity index (χ0v) is 22.9. The average Bonchev–Trinajstić information content (AvgIpc) is 3.01. The molecule has 44 heavy (non-hydrogen) atoms. The maximum atomic E-state index is 12.2. The highest BCUT2D eigenvalue weighted by Crippen LogP contribution is 2.33. The van der Waals surface area contributed by atoms with Crippen molar-refractivity contribution in [3.8, 4) is 23.0 Å². The summed E-state index contributed by atoms with van der Waals surface area (Å²) >= 11 is 0. The SMILES string of the molecule is O=C(/C=C/c1ccc(O[C@@H]2O[C@H](CO)[C@@H](O)[C@H](O)[C@H]2O)c(O)c1)OCc1ccc(O[C@@H]2O[C@H](CO)[C@@H](O)[C@H](O)[C@H]2O)c(O)c1. The van der Waals surface area contributed by atoms with E-state index in [4.69, 9.17) is 23.7 Å². The molecular weight excluding hydrogens is 592 g/mol. The quantitative estimate of drug-likeness (QED) is 0.0943. The van der Waals surface area contributed by atoms with Crippen LogP contribution < -0.4 is 9.47 Å². The summed E-state index contributed by atoms with van der Waals surface area (Å²) in [4.78, 5) is 12.2. The van der Waals surface area contributed by atoms with Crippen molar-refractivity contribution in [2.24, 2.45) is 0 Å². The predicted molar refractivity (Wildman–Crippen MR) is 144 cm³/mol. The smallest absolute Gasteiger partial charge is 0.331 e. The summed E-state index contributed by atoms with van der Waals surface area (Å²) in [5.41, 5.74) is 0.714. The molecule has 16 heteroatoms. The van der Waals surface area contributed by atoms with Crippen LogP contribution in [-0.2, 0) is 25.6 Å². The van der Waals surface area contributed by atoms with Gasteiger partial charge in [0, 0.05) is 6.08 Å². The summed E-state index contributed by atoms with van der Waals surface area (Å²) < 4.78 is 26.4.